The summed E-state index contributed by atoms with van der Waals surface area (Å²) in [5.41, 5.74) is 2.19. The van der Waals surface area contributed by atoms with Crippen LogP contribution < -0.4 is 20.1 Å². The number of rotatable bonds is 10. The lowest BCUT2D eigenvalue weighted by atomic mass is 10.1. The van der Waals surface area contributed by atoms with Crippen LogP contribution >= 0.6 is 0 Å². The maximum atomic E-state index is 5.95. The van der Waals surface area contributed by atoms with Crippen LogP contribution in [-0.2, 0) is 13.2 Å². The summed E-state index contributed by atoms with van der Waals surface area (Å²) in [5.74, 6) is 2.32. The molecule has 1 aliphatic rings. The van der Waals surface area contributed by atoms with Crippen LogP contribution in [0.4, 0.5) is 0 Å². The molecule has 138 valence electrons. The van der Waals surface area contributed by atoms with Gasteiger partial charge in [0.05, 0.1) is 0 Å². The lowest BCUT2D eigenvalue weighted by Crippen LogP contribution is -2.24. The molecule has 1 aliphatic heterocycles. The van der Waals surface area contributed by atoms with Crippen LogP contribution in [0.3, 0.4) is 0 Å². The molecular formula is C21H27N3O2. The van der Waals surface area contributed by atoms with Crippen molar-refractivity contribution in [1.82, 2.24) is 15.6 Å². The number of ether oxygens (including phenoxy) is 2. The van der Waals surface area contributed by atoms with E-state index in [2.05, 4.69) is 34.3 Å². The minimum absolute atomic E-state index is 0.479. The number of aromatic nitrogens is 1. The molecule has 1 atom stereocenters. The van der Waals surface area contributed by atoms with Crippen molar-refractivity contribution < 1.29 is 9.47 Å². The van der Waals surface area contributed by atoms with Crippen molar-refractivity contribution in [2.45, 2.75) is 19.6 Å². The zero-order valence-corrected chi connectivity index (χ0v) is 15.1. The Morgan fingerprint density at radius 2 is 2.12 bits per heavy atom. The molecule has 0 spiro atoms. The minimum atomic E-state index is 0.479. The minimum Gasteiger partial charge on any atom is -0.489 e. The molecule has 26 heavy (non-hydrogen) atoms. The van der Waals surface area contributed by atoms with Gasteiger partial charge in [0.1, 0.15) is 24.7 Å². The Labute approximate surface area is 155 Å². The molecule has 1 aromatic heterocycles. The molecule has 2 N–H and O–H groups in total. The Kier molecular flexibility index (Phi) is 7.05. The first kappa shape index (κ1) is 18.4. The van der Waals surface area contributed by atoms with Crippen LogP contribution in [0, 0.1) is 5.92 Å². The first-order chi connectivity index (χ1) is 12.8. The normalized spacial score (nSPS) is 16.4. The van der Waals surface area contributed by atoms with Gasteiger partial charge in [0.2, 0.25) is 0 Å². The molecule has 2 aromatic rings. The van der Waals surface area contributed by atoms with E-state index in [1.165, 1.54) is 6.42 Å². The Bertz CT molecular complexity index is 685. The van der Waals surface area contributed by atoms with Crippen LogP contribution in [0.5, 0.6) is 11.5 Å². The summed E-state index contributed by atoms with van der Waals surface area (Å²) in [7, 11) is 0. The topological polar surface area (TPSA) is 55.4 Å². The van der Waals surface area contributed by atoms with Crippen molar-refractivity contribution >= 4 is 0 Å². The van der Waals surface area contributed by atoms with Crippen molar-refractivity contribution in [3.05, 3.63) is 66.5 Å². The standard InChI is InChI=1S/C21H27N3O2/c1-2-8-25-20-9-19(15-24-13-17-5-7-23-12-17)10-21(11-20)26-16-18-4-3-6-22-14-18/h2-4,6,9-11,14,17,23-24H,1,5,7-8,12-13,15-16H2. The van der Waals surface area contributed by atoms with Gasteiger partial charge in [0.15, 0.2) is 0 Å². The Hall–Kier alpha value is -2.37. The van der Waals surface area contributed by atoms with Gasteiger partial charge >= 0.3 is 0 Å². The van der Waals surface area contributed by atoms with Gasteiger partial charge in [-0.05, 0) is 55.7 Å². The summed E-state index contributed by atoms with van der Waals surface area (Å²) in [4.78, 5) is 4.12. The van der Waals surface area contributed by atoms with E-state index in [4.69, 9.17) is 9.47 Å². The van der Waals surface area contributed by atoms with Gasteiger partial charge in [-0.25, -0.2) is 0 Å². The zero-order valence-electron chi connectivity index (χ0n) is 15.1. The molecule has 2 heterocycles. The highest BCUT2D eigenvalue weighted by Gasteiger charge is 2.13. The maximum Gasteiger partial charge on any atom is 0.123 e. The van der Waals surface area contributed by atoms with Gasteiger partial charge < -0.3 is 20.1 Å². The summed E-state index contributed by atoms with van der Waals surface area (Å²) >= 11 is 0. The largest absolute Gasteiger partial charge is 0.489 e. The fraction of sp³-hybridized carbons (Fsp3) is 0.381. The zero-order chi connectivity index (χ0) is 18.0. The van der Waals surface area contributed by atoms with E-state index in [0.29, 0.717) is 13.2 Å². The van der Waals surface area contributed by atoms with E-state index >= 15 is 0 Å². The third-order valence-electron chi connectivity index (χ3n) is 4.36. The molecule has 0 bridgehead atoms. The van der Waals surface area contributed by atoms with E-state index in [9.17, 15) is 0 Å². The average molecular weight is 353 g/mol. The van der Waals surface area contributed by atoms with E-state index in [1.807, 2.05) is 24.4 Å². The van der Waals surface area contributed by atoms with Crippen LogP contribution in [0.1, 0.15) is 17.5 Å². The molecule has 0 amide bonds. The molecule has 0 aliphatic carbocycles. The van der Waals surface area contributed by atoms with Crippen molar-refractivity contribution in [1.29, 1.82) is 0 Å². The monoisotopic (exact) mass is 353 g/mol. The van der Waals surface area contributed by atoms with E-state index in [1.54, 1.807) is 12.3 Å². The molecular weight excluding hydrogens is 326 g/mol. The molecule has 5 nitrogen and oxygen atoms in total. The summed E-state index contributed by atoms with van der Waals surface area (Å²) in [6.45, 7) is 8.73. The van der Waals surface area contributed by atoms with Crippen LogP contribution in [0.15, 0.2) is 55.4 Å². The molecule has 0 radical (unpaired) electrons. The highest BCUT2D eigenvalue weighted by Crippen LogP contribution is 2.24. The first-order valence-electron chi connectivity index (χ1n) is 9.14. The second kappa shape index (κ2) is 9.94. The molecule has 1 aromatic carbocycles. The third kappa shape index (κ3) is 5.86. The fourth-order valence-corrected chi connectivity index (χ4v) is 3.01. The number of pyridine rings is 1. The van der Waals surface area contributed by atoms with E-state index < -0.39 is 0 Å². The van der Waals surface area contributed by atoms with Gasteiger partial charge in [-0.3, -0.25) is 4.98 Å². The van der Waals surface area contributed by atoms with Gasteiger partial charge in [-0.15, -0.1) is 0 Å². The summed E-state index contributed by atoms with van der Waals surface area (Å²) in [6.07, 6.45) is 6.57. The van der Waals surface area contributed by atoms with Crippen LogP contribution in [0.25, 0.3) is 0 Å². The smallest absolute Gasteiger partial charge is 0.123 e. The quantitative estimate of drug-likeness (QED) is 0.643. The number of nitrogens with one attached hydrogen (secondary N) is 2. The lowest BCUT2D eigenvalue weighted by Gasteiger charge is -2.14. The molecule has 1 saturated heterocycles. The summed E-state index contributed by atoms with van der Waals surface area (Å²) in [5, 5.41) is 6.95. The lowest BCUT2D eigenvalue weighted by molar-refractivity contribution is 0.300. The predicted molar refractivity (Wildman–Crippen MR) is 103 cm³/mol. The Morgan fingerprint density at radius 3 is 2.85 bits per heavy atom. The molecule has 5 heteroatoms. The average Bonchev–Trinajstić information content (AvgIpc) is 3.19. The highest BCUT2D eigenvalue weighted by molar-refractivity contribution is 5.38. The fourth-order valence-electron chi connectivity index (χ4n) is 3.01. The van der Waals surface area contributed by atoms with Crippen LogP contribution in [0.2, 0.25) is 0 Å². The highest BCUT2D eigenvalue weighted by atomic mass is 16.5. The van der Waals surface area contributed by atoms with Gasteiger partial charge in [0.25, 0.3) is 0 Å². The summed E-state index contributed by atoms with van der Waals surface area (Å²) < 4.78 is 11.7. The molecule has 3 rings (SSSR count). The van der Waals surface area contributed by atoms with Crippen molar-refractivity contribution in [2.75, 3.05) is 26.2 Å². The Balaban J connectivity index is 1.61. The predicted octanol–water partition coefficient (Wildman–Crippen LogP) is 2.92. The Morgan fingerprint density at radius 1 is 1.23 bits per heavy atom. The van der Waals surface area contributed by atoms with Gasteiger partial charge in [0, 0.05) is 30.6 Å². The first-order valence-corrected chi connectivity index (χ1v) is 9.14. The third-order valence-corrected chi connectivity index (χ3v) is 4.36. The number of benzene rings is 1. The second-order valence-electron chi connectivity index (χ2n) is 6.55. The van der Waals surface area contributed by atoms with Crippen molar-refractivity contribution in [2.24, 2.45) is 5.92 Å². The molecule has 1 unspecified atom stereocenters. The number of hydrogen-bond acceptors (Lipinski definition) is 5. The SMILES string of the molecule is C=CCOc1cc(CNCC2CCNC2)cc(OCc2cccnc2)c1. The van der Waals surface area contributed by atoms with Gasteiger partial charge in [-0.2, -0.15) is 0 Å². The molecule has 1 fully saturated rings. The molecule has 0 saturated carbocycles. The van der Waals surface area contributed by atoms with Gasteiger partial charge in [-0.1, -0.05) is 18.7 Å². The van der Waals surface area contributed by atoms with Crippen molar-refractivity contribution in [3.8, 4) is 11.5 Å². The van der Waals surface area contributed by atoms with E-state index in [-0.39, 0.29) is 0 Å². The summed E-state index contributed by atoms with van der Waals surface area (Å²) in [6, 6.07) is 9.96. The maximum absolute atomic E-state index is 5.95. The number of hydrogen-bond donors (Lipinski definition) is 2. The number of nitrogens with zero attached hydrogens (tertiary/aromatic N) is 1. The second-order valence-corrected chi connectivity index (χ2v) is 6.55. The van der Waals surface area contributed by atoms with Crippen LogP contribution in [-0.4, -0.2) is 31.2 Å². The van der Waals surface area contributed by atoms with Crippen molar-refractivity contribution in [3.63, 3.8) is 0 Å². The van der Waals surface area contributed by atoms with E-state index in [0.717, 1.165) is 54.7 Å².